The summed E-state index contributed by atoms with van der Waals surface area (Å²) in [4.78, 5) is 0. The van der Waals surface area contributed by atoms with Gasteiger partial charge in [-0.15, -0.1) is 0 Å². The fourth-order valence-electron chi connectivity index (χ4n) is 2.04. The molecule has 0 radical (unpaired) electrons. The van der Waals surface area contributed by atoms with Crippen molar-refractivity contribution in [3.8, 4) is 0 Å². The maximum absolute atomic E-state index is 11.2. The molecule has 1 fully saturated rings. The third-order valence-corrected chi connectivity index (χ3v) is 10.6. The van der Waals surface area contributed by atoms with Gasteiger partial charge in [0.05, 0.1) is 18.5 Å². The molecule has 0 bridgehead atoms. The second-order valence-electron chi connectivity index (χ2n) is 3.87. The van der Waals surface area contributed by atoms with E-state index in [1.54, 1.807) is 0 Å². The van der Waals surface area contributed by atoms with Crippen molar-refractivity contribution in [1.82, 2.24) is 0 Å². The minimum absolute atomic E-state index is 0.510. The summed E-state index contributed by atoms with van der Waals surface area (Å²) < 4.78 is 22.4. The van der Waals surface area contributed by atoms with Crippen LogP contribution in [0.2, 0.25) is 0 Å². The molecule has 0 aromatic heterocycles. The van der Waals surface area contributed by atoms with Crippen LogP contribution in [0, 0.1) is 0 Å². The van der Waals surface area contributed by atoms with E-state index in [1.807, 2.05) is 0 Å². The lowest BCUT2D eigenvalue weighted by molar-refractivity contribution is 0.606. The van der Waals surface area contributed by atoms with E-state index in [1.165, 1.54) is 31.4 Å². The van der Waals surface area contributed by atoms with Gasteiger partial charge in [-0.2, -0.15) is 0 Å². The fourth-order valence-corrected chi connectivity index (χ4v) is 10.4. The van der Waals surface area contributed by atoms with Crippen LogP contribution >= 0.6 is 7.26 Å². The third kappa shape index (κ3) is 2.70. The van der Waals surface area contributed by atoms with Gasteiger partial charge in [-0.3, -0.25) is 0 Å². The summed E-state index contributed by atoms with van der Waals surface area (Å²) in [6, 6.07) is 0. The second-order valence-corrected chi connectivity index (χ2v) is 11.0. The molecular formula is C8H18O2PS+. The van der Waals surface area contributed by atoms with Gasteiger partial charge in [0.15, 0.2) is 15.3 Å². The first-order valence-electron chi connectivity index (χ1n) is 4.50. The van der Waals surface area contributed by atoms with E-state index in [9.17, 15) is 8.42 Å². The highest BCUT2D eigenvalue weighted by atomic mass is 32.2. The summed E-state index contributed by atoms with van der Waals surface area (Å²) in [6.45, 7) is 2.16. The molecule has 1 saturated heterocycles. The van der Waals surface area contributed by atoms with Crippen molar-refractivity contribution in [3.63, 3.8) is 0 Å². The first kappa shape index (κ1) is 10.5. The van der Waals surface area contributed by atoms with Crippen LogP contribution < -0.4 is 0 Å². The predicted octanol–water partition coefficient (Wildman–Crippen LogP) is 1.82. The Kier molecular flexibility index (Phi) is 3.16. The van der Waals surface area contributed by atoms with E-state index in [2.05, 4.69) is 6.92 Å². The zero-order valence-corrected chi connectivity index (χ0v) is 9.63. The first-order chi connectivity index (χ1) is 5.47. The lowest BCUT2D eigenvalue weighted by atomic mass is 10.4. The molecule has 0 saturated carbocycles. The molecule has 0 N–H and O–H groups in total. The van der Waals surface area contributed by atoms with Gasteiger partial charge in [-0.05, 0) is 19.8 Å². The number of sulfone groups is 1. The number of hydrogen-bond donors (Lipinski definition) is 0. The minimum Gasteiger partial charge on any atom is -0.225 e. The van der Waals surface area contributed by atoms with Crippen molar-refractivity contribution >= 4 is 17.1 Å². The maximum Gasteiger partial charge on any atom is 0.181 e. The van der Waals surface area contributed by atoms with Crippen LogP contribution in [0.3, 0.4) is 0 Å². The molecule has 12 heavy (non-hydrogen) atoms. The molecule has 1 heterocycles. The van der Waals surface area contributed by atoms with Crippen LogP contribution in [0.15, 0.2) is 0 Å². The van der Waals surface area contributed by atoms with Crippen LogP contribution in [0.5, 0.6) is 0 Å². The molecule has 0 spiro atoms. The predicted molar refractivity (Wildman–Crippen MR) is 56.1 cm³/mol. The number of rotatable bonds is 3. The summed E-state index contributed by atoms with van der Waals surface area (Å²) in [5.41, 5.74) is 0.510. The Morgan fingerprint density at radius 1 is 1.25 bits per heavy atom. The molecule has 1 aliphatic rings. The number of hydrogen-bond acceptors (Lipinski definition) is 2. The van der Waals surface area contributed by atoms with Crippen LogP contribution in [-0.4, -0.2) is 38.7 Å². The Morgan fingerprint density at radius 2 is 1.75 bits per heavy atom. The summed E-state index contributed by atoms with van der Waals surface area (Å²) >= 11 is 0. The quantitative estimate of drug-likeness (QED) is 0.664. The lowest BCUT2D eigenvalue weighted by Gasteiger charge is -2.18. The first-order valence-corrected chi connectivity index (χ1v) is 9.09. The van der Waals surface area contributed by atoms with Crippen molar-refractivity contribution < 1.29 is 8.42 Å². The normalized spacial score (nSPS) is 22.8. The molecule has 2 nitrogen and oxygen atoms in total. The highest BCUT2D eigenvalue weighted by Gasteiger charge is 2.41. The van der Waals surface area contributed by atoms with Crippen molar-refractivity contribution in [2.45, 2.75) is 19.8 Å². The zero-order chi connectivity index (χ0) is 9.24. The van der Waals surface area contributed by atoms with Crippen LogP contribution in [-0.2, 0) is 9.84 Å². The van der Waals surface area contributed by atoms with Gasteiger partial charge < -0.3 is 0 Å². The largest absolute Gasteiger partial charge is 0.225 e. The molecule has 0 atom stereocenters. The lowest BCUT2D eigenvalue weighted by Crippen LogP contribution is -2.12. The van der Waals surface area contributed by atoms with Gasteiger partial charge in [0.2, 0.25) is 0 Å². The molecule has 0 unspecified atom stereocenters. The second kappa shape index (κ2) is 3.63. The Bertz CT molecular complexity index is 240. The van der Waals surface area contributed by atoms with E-state index >= 15 is 0 Å². The summed E-state index contributed by atoms with van der Waals surface area (Å²) in [5.74, 6) is 0. The van der Waals surface area contributed by atoms with Crippen molar-refractivity contribution in [2.24, 2.45) is 0 Å². The molecule has 72 valence electrons. The average molecular weight is 209 g/mol. The smallest absolute Gasteiger partial charge is 0.181 e. The summed E-state index contributed by atoms with van der Waals surface area (Å²) in [7, 11) is -3.77. The van der Waals surface area contributed by atoms with Gasteiger partial charge in [0, 0.05) is 13.5 Å². The monoisotopic (exact) mass is 209 g/mol. The Labute approximate surface area is 76.0 Å². The van der Waals surface area contributed by atoms with E-state index in [-0.39, 0.29) is 0 Å². The van der Waals surface area contributed by atoms with Crippen molar-refractivity contribution in [1.29, 1.82) is 0 Å². The van der Waals surface area contributed by atoms with Gasteiger partial charge in [-0.1, -0.05) is 0 Å². The topological polar surface area (TPSA) is 34.1 Å². The van der Waals surface area contributed by atoms with Crippen LogP contribution in [0.1, 0.15) is 19.8 Å². The zero-order valence-electron chi connectivity index (χ0n) is 7.91. The fraction of sp³-hybridized carbons (Fsp3) is 1.00. The SMILES string of the molecule is CC[P+]1(CS(C)(=O)=O)CCCC1. The average Bonchev–Trinajstić information content (AvgIpc) is 2.34. The van der Waals surface area contributed by atoms with Crippen LogP contribution in [0.25, 0.3) is 0 Å². The molecule has 0 amide bonds. The Balaban J connectivity index is 2.68. The van der Waals surface area contributed by atoms with E-state index < -0.39 is 17.1 Å². The van der Waals surface area contributed by atoms with Crippen molar-refractivity contribution in [3.05, 3.63) is 0 Å². The standard InChI is InChI=1S/C8H18O2PS/c1-3-11(6-4-5-7-11)8-12(2,9)10/h3-8H2,1-2H3/q+1. The summed E-state index contributed by atoms with van der Waals surface area (Å²) in [6.07, 6.45) is 7.46. The molecule has 4 heteroatoms. The van der Waals surface area contributed by atoms with E-state index in [4.69, 9.17) is 0 Å². The molecule has 0 aromatic carbocycles. The molecule has 0 aliphatic carbocycles. The molecule has 1 rings (SSSR count). The highest BCUT2D eigenvalue weighted by Crippen LogP contribution is 2.63. The van der Waals surface area contributed by atoms with Crippen LogP contribution in [0.4, 0.5) is 0 Å². The Morgan fingerprint density at radius 3 is 2.08 bits per heavy atom. The highest BCUT2D eigenvalue weighted by molar-refractivity contribution is 8.01. The molecule has 0 aromatic rings. The Hall–Kier alpha value is 0.380. The van der Waals surface area contributed by atoms with Gasteiger partial charge in [0.1, 0.15) is 0 Å². The van der Waals surface area contributed by atoms with E-state index in [0.717, 1.165) is 6.16 Å². The minimum atomic E-state index is -2.73. The van der Waals surface area contributed by atoms with Crippen molar-refractivity contribution in [2.75, 3.05) is 30.2 Å². The van der Waals surface area contributed by atoms with Gasteiger partial charge in [-0.25, -0.2) is 8.42 Å². The van der Waals surface area contributed by atoms with Gasteiger partial charge in [0.25, 0.3) is 0 Å². The molecular weight excluding hydrogens is 191 g/mol. The summed E-state index contributed by atoms with van der Waals surface area (Å²) in [5, 5.41) is 0. The van der Waals surface area contributed by atoms with E-state index in [0.29, 0.717) is 5.49 Å². The van der Waals surface area contributed by atoms with Gasteiger partial charge >= 0.3 is 0 Å². The third-order valence-electron chi connectivity index (χ3n) is 2.69. The molecule has 1 aliphatic heterocycles. The maximum atomic E-state index is 11.2.